The minimum Gasteiger partial charge on any atom is -0.487 e. The molecule has 1 rings (SSSR count). The minimum atomic E-state index is -0.488. The van der Waals surface area contributed by atoms with Gasteiger partial charge in [-0.2, -0.15) is 0 Å². The van der Waals surface area contributed by atoms with E-state index in [-0.39, 0.29) is 24.1 Å². The highest BCUT2D eigenvalue weighted by Crippen LogP contribution is 2.30. The van der Waals surface area contributed by atoms with E-state index >= 15 is 0 Å². The second kappa shape index (κ2) is 6.17. The van der Waals surface area contributed by atoms with E-state index in [2.05, 4.69) is 5.32 Å². The molecule has 0 bridgehead atoms. The van der Waals surface area contributed by atoms with E-state index in [0.29, 0.717) is 12.2 Å². The van der Waals surface area contributed by atoms with Crippen LogP contribution in [0, 0.1) is 10.1 Å². The summed E-state index contributed by atoms with van der Waals surface area (Å²) in [6.45, 7) is 2.01. The minimum absolute atomic E-state index is 0.0851. The number of nitrogens with one attached hydrogen (secondary N) is 1. The Morgan fingerprint density at radius 3 is 2.76 bits per heavy atom. The summed E-state index contributed by atoms with van der Waals surface area (Å²) >= 11 is 0. The number of ether oxygens (including phenoxy) is 1. The Labute approximate surface area is 99.4 Å². The first kappa shape index (κ1) is 13.4. The third-order valence-corrected chi connectivity index (χ3v) is 2.41. The maximum absolute atomic E-state index is 10.9. The molecule has 0 aliphatic heterocycles. The monoisotopic (exact) mass is 240 g/mol. The van der Waals surface area contributed by atoms with E-state index < -0.39 is 4.92 Å². The molecular weight excluding hydrogens is 224 g/mol. The first-order valence-corrected chi connectivity index (χ1v) is 5.33. The van der Waals surface area contributed by atoms with Gasteiger partial charge >= 0.3 is 5.69 Å². The number of benzene rings is 1. The van der Waals surface area contributed by atoms with Gasteiger partial charge in [-0.15, -0.1) is 0 Å². The highest BCUT2D eigenvalue weighted by Gasteiger charge is 2.18. The van der Waals surface area contributed by atoms with Crippen molar-refractivity contribution in [3.63, 3.8) is 0 Å². The Morgan fingerprint density at radius 1 is 1.59 bits per heavy atom. The van der Waals surface area contributed by atoms with Gasteiger partial charge in [0.1, 0.15) is 0 Å². The molecule has 2 N–H and O–H groups in total. The van der Waals surface area contributed by atoms with Crippen LogP contribution in [0.25, 0.3) is 0 Å². The zero-order valence-electron chi connectivity index (χ0n) is 9.84. The highest BCUT2D eigenvalue weighted by atomic mass is 16.6. The molecule has 0 fully saturated rings. The lowest BCUT2D eigenvalue weighted by molar-refractivity contribution is -0.385. The van der Waals surface area contributed by atoms with Gasteiger partial charge in [-0.25, -0.2) is 0 Å². The van der Waals surface area contributed by atoms with Crippen LogP contribution in [0.5, 0.6) is 5.75 Å². The van der Waals surface area contributed by atoms with Gasteiger partial charge < -0.3 is 15.2 Å². The number of nitrogens with zero attached hydrogens (tertiary/aromatic N) is 1. The lowest BCUT2D eigenvalue weighted by atomic mass is 10.1. The zero-order chi connectivity index (χ0) is 12.8. The molecule has 0 aliphatic carbocycles. The van der Waals surface area contributed by atoms with Crippen molar-refractivity contribution in [1.29, 1.82) is 0 Å². The SMILES string of the molecule is CCOc1ccc(C(CO)NC)cc1[N+](=O)[O-]. The predicted octanol–water partition coefficient (Wildman–Crippen LogP) is 1.25. The highest BCUT2D eigenvalue weighted by molar-refractivity contribution is 5.49. The summed E-state index contributed by atoms with van der Waals surface area (Å²) in [5, 5.41) is 22.9. The summed E-state index contributed by atoms with van der Waals surface area (Å²) in [6.07, 6.45) is 0. The number of hydrogen-bond donors (Lipinski definition) is 2. The number of aliphatic hydroxyl groups is 1. The zero-order valence-corrected chi connectivity index (χ0v) is 9.84. The summed E-state index contributed by atoms with van der Waals surface area (Å²) in [4.78, 5) is 10.4. The fraction of sp³-hybridized carbons (Fsp3) is 0.455. The quantitative estimate of drug-likeness (QED) is 0.577. The van der Waals surface area contributed by atoms with Crippen molar-refractivity contribution in [1.82, 2.24) is 5.32 Å². The van der Waals surface area contributed by atoms with Gasteiger partial charge in [0.15, 0.2) is 5.75 Å². The fourth-order valence-electron chi connectivity index (χ4n) is 1.53. The van der Waals surface area contributed by atoms with Crippen molar-refractivity contribution < 1.29 is 14.8 Å². The molecule has 1 atom stereocenters. The lowest BCUT2D eigenvalue weighted by Gasteiger charge is -2.14. The summed E-state index contributed by atoms with van der Waals surface area (Å²) in [5.74, 6) is 0.244. The van der Waals surface area contributed by atoms with Crippen LogP contribution in [0.3, 0.4) is 0 Å². The molecule has 1 unspecified atom stereocenters. The van der Waals surface area contributed by atoms with E-state index in [4.69, 9.17) is 9.84 Å². The number of aliphatic hydroxyl groups excluding tert-OH is 1. The first-order chi connectivity index (χ1) is 8.13. The standard InChI is InChI=1S/C11H16N2O4/c1-3-17-11-5-4-8(9(7-14)12-2)6-10(11)13(15)16/h4-6,9,12,14H,3,7H2,1-2H3. The van der Waals surface area contributed by atoms with Crippen molar-refractivity contribution in [3.8, 4) is 5.75 Å². The van der Waals surface area contributed by atoms with Gasteiger partial charge in [0.05, 0.1) is 24.2 Å². The molecule has 1 aromatic rings. The van der Waals surface area contributed by atoms with E-state index in [1.807, 2.05) is 0 Å². The van der Waals surface area contributed by atoms with Crippen LogP contribution in [0.1, 0.15) is 18.5 Å². The molecular formula is C11H16N2O4. The van der Waals surface area contributed by atoms with Crippen molar-refractivity contribution in [2.75, 3.05) is 20.3 Å². The Morgan fingerprint density at radius 2 is 2.29 bits per heavy atom. The number of nitro groups is 1. The van der Waals surface area contributed by atoms with E-state index in [9.17, 15) is 10.1 Å². The van der Waals surface area contributed by atoms with Crippen LogP contribution in [0.2, 0.25) is 0 Å². The van der Waals surface area contributed by atoms with E-state index in [0.717, 1.165) is 0 Å². The van der Waals surface area contributed by atoms with E-state index in [1.54, 1.807) is 26.1 Å². The molecule has 17 heavy (non-hydrogen) atoms. The van der Waals surface area contributed by atoms with E-state index in [1.165, 1.54) is 6.07 Å². The van der Waals surface area contributed by atoms with Gasteiger partial charge in [0, 0.05) is 6.07 Å². The number of likely N-dealkylation sites (N-methyl/N-ethyl adjacent to an activating group) is 1. The second-order valence-corrected chi connectivity index (χ2v) is 3.44. The molecule has 6 nitrogen and oxygen atoms in total. The number of nitro benzene ring substituents is 1. The average Bonchev–Trinajstić information content (AvgIpc) is 2.32. The Bertz CT molecular complexity index is 391. The largest absolute Gasteiger partial charge is 0.487 e. The molecule has 0 aromatic heterocycles. The van der Waals surface area contributed by atoms with Crippen LogP contribution < -0.4 is 10.1 Å². The molecule has 0 saturated carbocycles. The lowest BCUT2D eigenvalue weighted by Crippen LogP contribution is -2.20. The van der Waals surface area contributed by atoms with Crippen molar-refractivity contribution in [3.05, 3.63) is 33.9 Å². The third kappa shape index (κ3) is 3.15. The number of hydrogen-bond acceptors (Lipinski definition) is 5. The second-order valence-electron chi connectivity index (χ2n) is 3.44. The van der Waals surface area contributed by atoms with Crippen LogP contribution in [0.4, 0.5) is 5.69 Å². The maximum Gasteiger partial charge on any atom is 0.311 e. The molecule has 0 radical (unpaired) electrons. The molecule has 0 spiro atoms. The van der Waals surface area contributed by atoms with Gasteiger partial charge in [-0.05, 0) is 25.6 Å². The van der Waals surface area contributed by atoms with Gasteiger partial charge in [0.2, 0.25) is 0 Å². The summed E-state index contributed by atoms with van der Waals surface area (Å²) in [5.41, 5.74) is 0.572. The molecule has 6 heteroatoms. The summed E-state index contributed by atoms with van der Waals surface area (Å²) < 4.78 is 5.18. The Kier molecular flexibility index (Phi) is 4.86. The topological polar surface area (TPSA) is 84.6 Å². The normalized spacial score (nSPS) is 12.2. The van der Waals surface area contributed by atoms with Gasteiger partial charge in [-0.1, -0.05) is 6.07 Å². The predicted molar refractivity (Wildman–Crippen MR) is 63.2 cm³/mol. The smallest absolute Gasteiger partial charge is 0.311 e. The third-order valence-electron chi connectivity index (χ3n) is 2.41. The molecule has 94 valence electrons. The molecule has 1 aromatic carbocycles. The van der Waals surface area contributed by atoms with Crippen LogP contribution in [-0.2, 0) is 0 Å². The average molecular weight is 240 g/mol. The summed E-state index contributed by atoms with van der Waals surface area (Å²) in [6, 6.07) is 4.36. The van der Waals surface area contributed by atoms with Crippen molar-refractivity contribution >= 4 is 5.69 Å². The molecule has 0 heterocycles. The Hall–Kier alpha value is -1.66. The fourth-order valence-corrected chi connectivity index (χ4v) is 1.53. The van der Waals surface area contributed by atoms with Crippen molar-refractivity contribution in [2.24, 2.45) is 0 Å². The van der Waals surface area contributed by atoms with Crippen LogP contribution >= 0.6 is 0 Å². The molecule has 0 aliphatic rings. The Balaban J connectivity index is 3.13. The van der Waals surface area contributed by atoms with Crippen LogP contribution in [0.15, 0.2) is 18.2 Å². The maximum atomic E-state index is 10.9. The molecule has 0 amide bonds. The van der Waals surface area contributed by atoms with Gasteiger partial charge in [0.25, 0.3) is 0 Å². The summed E-state index contributed by atoms with van der Waals surface area (Å²) in [7, 11) is 1.68. The first-order valence-electron chi connectivity index (χ1n) is 5.33. The van der Waals surface area contributed by atoms with Crippen molar-refractivity contribution in [2.45, 2.75) is 13.0 Å². The number of rotatable bonds is 6. The molecule has 0 saturated heterocycles. The van der Waals surface area contributed by atoms with Crippen LogP contribution in [-0.4, -0.2) is 30.3 Å². The van der Waals surface area contributed by atoms with Gasteiger partial charge in [-0.3, -0.25) is 10.1 Å².